The Morgan fingerprint density at radius 3 is 2.22 bits per heavy atom. The molecule has 1 aliphatic rings. The van der Waals surface area contributed by atoms with Crippen LogP contribution >= 0.6 is 0 Å². The van der Waals surface area contributed by atoms with Crippen molar-refractivity contribution in [2.75, 3.05) is 39.2 Å². The number of likely N-dealkylation sites (N-methyl/N-ethyl adjacent to an activating group) is 1. The maximum atomic E-state index is 14.6. The highest BCUT2D eigenvalue weighted by Crippen LogP contribution is 2.27. The Hall–Kier alpha value is -4.31. The summed E-state index contributed by atoms with van der Waals surface area (Å²) in [6.45, 7) is 4.13. The van der Waals surface area contributed by atoms with Gasteiger partial charge in [0.25, 0.3) is 17.7 Å². The third-order valence-corrected chi connectivity index (χ3v) is 7.19. The molecule has 0 saturated carbocycles. The number of amides is 3. The van der Waals surface area contributed by atoms with Gasteiger partial charge in [-0.15, -0.1) is 0 Å². The third-order valence-electron chi connectivity index (χ3n) is 7.19. The molecule has 0 aromatic heterocycles. The lowest BCUT2D eigenvalue weighted by atomic mass is 10.0. The zero-order chi connectivity index (χ0) is 29.7. The summed E-state index contributed by atoms with van der Waals surface area (Å²) in [7, 11) is 3.15. The minimum Gasteiger partial charge on any atom is -0.491 e. The Balaban J connectivity index is 1.67. The van der Waals surface area contributed by atoms with Gasteiger partial charge in [0.2, 0.25) is 0 Å². The Kier molecular flexibility index (Phi) is 9.34. The summed E-state index contributed by atoms with van der Waals surface area (Å²) in [6.07, 6.45) is -0.445. The normalized spacial score (nSPS) is 19.9. The quantitative estimate of drug-likeness (QED) is 0.488. The summed E-state index contributed by atoms with van der Waals surface area (Å²) in [5.41, 5.74) is 0.262. The van der Waals surface area contributed by atoms with Crippen molar-refractivity contribution in [3.05, 3.63) is 95.1 Å². The van der Waals surface area contributed by atoms with Crippen molar-refractivity contribution in [2.24, 2.45) is 5.92 Å². The van der Waals surface area contributed by atoms with Crippen LogP contribution in [0, 0.1) is 17.6 Å². The molecule has 3 atom stereocenters. The monoisotopic (exact) mass is 565 g/mol. The fraction of sp³-hybridized carbons (Fsp3) is 0.323. The average Bonchev–Trinajstić information content (AvgIpc) is 2.96. The van der Waals surface area contributed by atoms with E-state index in [1.807, 2.05) is 6.92 Å². The van der Waals surface area contributed by atoms with Crippen LogP contribution in [0.5, 0.6) is 5.75 Å². The number of hydrogen-bond donors (Lipinski definition) is 1. The molecule has 1 heterocycles. The number of nitrogens with one attached hydrogen (secondary N) is 1. The van der Waals surface area contributed by atoms with Crippen molar-refractivity contribution >= 4 is 23.4 Å². The van der Waals surface area contributed by atoms with E-state index in [1.165, 1.54) is 60.5 Å². The molecule has 0 aliphatic carbocycles. The molecule has 1 aliphatic heterocycles. The summed E-state index contributed by atoms with van der Waals surface area (Å²) in [6, 6.07) is 15.5. The highest BCUT2D eigenvalue weighted by Gasteiger charge is 2.31. The van der Waals surface area contributed by atoms with Gasteiger partial charge in [-0.2, -0.15) is 0 Å². The average molecular weight is 566 g/mol. The fourth-order valence-electron chi connectivity index (χ4n) is 4.77. The van der Waals surface area contributed by atoms with E-state index in [0.717, 1.165) is 0 Å². The van der Waals surface area contributed by atoms with Crippen LogP contribution in [0.15, 0.2) is 66.7 Å². The molecule has 3 aromatic carbocycles. The summed E-state index contributed by atoms with van der Waals surface area (Å²) in [5, 5.41) is 2.63. The van der Waals surface area contributed by atoms with E-state index in [9.17, 15) is 23.2 Å². The largest absolute Gasteiger partial charge is 0.491 e. The van der Waals surface area contributed by atoms with Crippen molar-refractivity contribution < 1.29 is 32.6 Å². The molecule has 1 N–H and O–H groups in total. The summed E-state index contributed by atoms with van der Waals surface area (Å²) < 4.78 is 40.5. The van der Waals surface area contributed by atoms with E-state index in [2.05, 4.69) is 5.32 Å². The lowest BCUT2D eigenvalue weighted by Gasteiger charge is -2.36. The standard InChI is InChI=1S/C31H33F2N3O5/c1-19-16-36(31(39)23-10-6-8-12-26(23)33)20(2)18-41-27-14-13-21(34-29(37)22-9-5-7-11-25(22)32)15-24(27)30(38)35(3)17-28(19)40-4/h5-15,19-20,28H,16-18H2,1-4H3,(H,34,37)/t19-,20-,28+/m1/s1. The predicted molar refractivity (Wildman–Crippen MR) is 150 cm³/mol. The lowest BCUT2D eigenvalue weighted by molar-refractivity contribution is 0.0110. The Morgan fingerprint density at radius 1 is 0.951 bits per heavy atom. The van der Waals surface area contributed by atoms with Gasteiger partial charge in [-0.3, -0.25) is 14.4 Å². The number of methoxy groups -OCH3 is 1. The van der Waals surface area contributed by atoms with Crippen LogP contribution in [0.2, 0.25) is 0 Å². The lowest BCUT2D eigenvalue weighted by Crippen LogP contribution is -2.48. The predicted octanol–water partition coefficient (Wildman–Crippen LogP) is 4.86. The van der Waals surface area contributed by atoms with Crippen LogP contribution in [0.25, 0.3) is 0 Å². The number of rotatable bonds is 4. The molecule has 10 heteroatoms. The number of carbonyl (C=O) groups is 3. The van der Waals surface area contributed by atoms with E-state index < -0.39 is 35.6 Å². The highest BCUT2D eigenvalue weighted by molar-refractivity contribution is 6.05. The van der Waals surface area contributed by atoms with Gasteiger partial charge in [-0.1, -0.05) is 31.2 Å². The second kappa shape index (κ2) is 12.9. The van der Waals surface area contributed by atoms with Gasteiger partial charge in [0, 0.05) is 38.9 Å². The SMILES string of the molecule is CO[C@H]1CN(C)C(=O)c2cc(NC(=O)c3ccccc3F)ccc2OC[C@@H](C)N(C(=O)c2ccccc2F)C[C@H]1C. The van der Waals surface area contributed by atoms with E-state index in [-0.39, 0.29) is 59.6 Å². The van der Waals surface area contributed by atoms with Gasteiger partial charge < -0.3 is 24.6 Å². The van der Waals surface area contributed by atoms with E-state index in [1.54, 1.807) is 37.1 Å². The van der Waals surface area contributed by atoms with Crippen LogP contribution < -0.4 is 10.1 Å². The molecule has 4 rings (SSSR count). The Labute approximate surface area is 237 Å². The first-order valence-electron chi connectivity index (χ1n) is 13.3. The van der Waals surface area contributed by atoms with E-state index in [4.69, 9.17) is 9.47 Å². The second-order valence-corrected chi connectivity index (χ2v) is 10.2. The molecule has 0 radical (unpaired) electrons. The molecule has 3 aromatic rings. The molecule has 216 valence electrons. The summed E-state index contributed by atoms with van der Waals surface area (Å²) in [4.78, 5) is 42.8. The van der Waals surface area contributed by atoms with Crippen LogP contribution in [-0.2, 0) is 4.74 Å². The van der Waals surface area contributed by atoms with Crippen molar-refractivity contribution in [1.82, 2.24) is 9.80 Å². The molecule has 0 fully saturated rings. The number of ether oxygens (including phenoxy) is 2. The van der Waals surface area contributed by atoms with Gasteiger partial charge in [-0.05, 0) is 49.4 Å². The van der Waals surface area contributed by atoms with Crippen LogP contribution in [0.1, 0.15) is 44.9 Å². The Bertz CT molecular complexity index is 1430. The van der Waals surface area contributed by atoms with Gasteiger partial charge in [0.15, 0.2) is 0 Å². The van der Waals surface area contributed by atoms with Crippen molar-refractivity contribution in [1.29, 1.82) is 0 Å². The number of nitrogens with zero attached hydrogens (tertiary/aromatic N) is 2. The molecule has 0 saturated heterocycles. The van der Waals surface area contributed by atoms with Crippen molar-refractivity contribution in [3.63, 3.8) is 0 Å². The van der Waals surface area contributed by atoms with Gasteiger partial charge >= 0.3 is 0 Å². The molecule has 0 unspecified atom stereocenters. The minimum absolute atomic E-state index is 0.00941. The first kappa shape index (κ1) is 29.7. The number of halogens is 2. The van der Waals surface area contributed by atoms with Gasteiger partial charge in [-0.25, -0.2) is 8.78 Å². The van der Waals surface area contributed by atoms with Crippen LogP contribution in [0.3, 0.4) is 0 Å². The maximum Gasteiger partial charge on any atom is 0.258 e. The molecule has 3 amide bonds. The van der Waals surface area contributed by atoms with Crippen LogP contribution in [-0.4, -0.2) is 73.5 Å². The van der Waals surface area contributed by atoms with Gasteiger partial charge in [0.05, 0.1) is 28.8 Å². The highest BCUT2D eigenvalue weighted by atomic mass is 19.1. The van der Waals surface area contributed by atoms with Gasteiger partial charge in [0.1, 0.15) is 24.0 Å². The number of hydrogen-bond acceptors (Lipinski definition) is 5. The molecular formula is C31H33F2N3O5. The third kappa shape index (κ3) is 6.71. The van der Waals surface area contributed by atoms with Crippen molar-refractivity contribution in [3.8, 4) is 5.75 Å². The first-order valence-corrected chi connectivity index (χ1v) is 13.3. The van der Waals surface area contributed by atoms with E-state index >= 15 is 0 Å². The summed E-state index contributed by atoms with van der Waals surface area (Å²) >= 11 is 0. The number of fused-ring (bicyclic) bond motifs is 1. The van der Waals surface area contributed by atoms with Crippen LogP contribution in [0.4, 0.5) is 14.5 Å². The summed E-state index contributed by atoms with van der Waals surface area (Å²) in [5.74, 6) is -2.79. The fourth-order valence-corrected chi connectivity index (χ4v) is 4.77. The van der Waals surface area contributed by atoms with Crippen molar-refractivity contribution in [2.45, 2.75) is 26.0 Å². The minimum atomic E-state index is -0.668. The number of anilines is 1. The smallest absolute Gasteiger partial charge is 0.258 e. The molecular weight excluding hydrogens is 532 g/mol. The topological polar surface area (TPSA) is 88.2 Å². The Morgan fingerprint density at radius 2 is 1.59 bits per heavy atom. The molecule has 41 heavy (non-hydrogen) atoms. The van der Waals surface area contributed by atoms with E-state index in [0.29, 0.717) is 0 Å². The zero-order valence-electron chi connectivity index (χ0n) is 23.4. The maximum absolute atomic E-state index is 14.6. The second-order valence-electron chi connectivity index (χ2n) is 10.2. The first-order chi connectivity index (χ1) is 19.6. The number of benzene rings is 3. The molecule has 8 nitrogen and oxygen atoms in total. The number of carbonyl (C=O) groups excluding carboxylic acids is 3. The zero-order valence-corrected chi connectivity index (χ0v) is 23.4. The molecule has 0 bridgehead atoms. The molecule has 0 spiro atoms.